The Bertz CT molecular complexity index is 551. The minimum Gasteiger partial charge on any atom is -0.493 e. The van der Waals surface area contributed by atoms with E-state index < -0.39 is 37.3 Å². The summed E-state index contributed by atoms with van der Waals surface area (Å²) in [5.41, 5.74) is 1.43. The molecule has 5 unspecified atom stereocenters. The molecule has 0 spiro atoms. The number of hydrogen-bond acceptors (Lipinski definition) is 8. The van der Waals surface area contributed by atoms with E-state index in [1.807, 2.05) is 0 Å². The summed E-state index contributed by atoms with van der Waals surface area (Å²) in [7, 11) is 1.46. The van der Waals surface area contributed by atoms with Gasteiger partial charge < -0.3 is 39.7 Å². The van der Waals surface area contributed by atoms with Crippen molar-refractivity contribution in [2.24, 2.45) is 0 Å². The van der Waals surface area contributed by atoms with Crippen LogP contribution in [0, 0.1) is 0 Å². The van der Waals surface area contributed by atoms with Crippen LogP contribution in [0.2, 0.25) is 0 Å². The first-order valence-corrected chi connectivity index (χ1v) is 8.74. The van der Waals surface area contributed by atoms with Crippen molar-refractivity contribution >= 4 is 0 Å². The maximum absolute atomic E-state index is 10.1. The lowest BCUT2D eigenvalue weighted by Crippen LogP contribution is -2.60. The summed E-state index contributed by atoms with van der Waals surface area (Å²) < 4.78 is 16.4. The van der Waals surface area contributed by atoms with Crippen molar-refractivity contribution in [1.82, 2.24) is 0 Å². The topological polar surface area (TPSA) is 129 Å². The number of ether oxygens (including phenoxy) is 3. The van der Waals surface area contributed by atoms with Crippen LogP contribution in [0.15, 0.2) is 12.1 Å². The quantitative estimate of drug-likeness (QED) is 0.421. The van der Waals surface area contributed by atoms with Crippen LogP contribution in [-0.2, 0) is 17.8 Å². The average Bonchev–Trinajstić information content (AvgIpc) is 2.66. The van der Waals surface area contributed by atoms with Gasteiger partial charge in [0.15, 0.2) is 11.5 Å². The Hall–Kier alpha value is -1.42. The van der Waals surface area contributed by atoms with Gasteiger partial charge in [0.1, 0.15) is 24.4 Å². The lowest BCUT2D eigenvalue weighted by atomic mass is 9.99. The Balaban J connectivity index is 2.29. The summed E-state index contributed by atoms with van der Waals surface area (Å²) in [6, 6.07) is 3.58. The lowest BCUT2D eigenvalue weighted by molar-refractivity contribution is -0.277. The number of aliphatic hydroxyl groups is 5. The first-order chi connectivity index (χ1) is 12.5. The molecule has 0 amide bonds. The molecular weight excluding hydrogens is 344 g/mol. The summed E-state index contributed by atoms with van der Waals surface area (Å²) in [6.45, 7) is 1.22. The number of methoxy groups -OCH3 is 1. The fraction of sp³-hybridized carbons (Fsp3) is 0.667. The van der Waals surface area contributed by atoms with E-state index in [-0.39, 0.29) is 12.4 Å². The molecule has 0 bridgehead atoms. The smallest absolute Gasteiger partial charge is 0.229 e. The summed E-state index contributed by atoms with van der Waals surface area (Å²) in [5.74, 6) is 0.541. The summed E-state index contributed by atoms with van der Waals surface area (Å²) in [6.07, 6.45) is -4.13. The van der Waals surface area contributed by atoms with Gasteiger partial charge in [-0.3, -0.25) is 0 Å². The Kier molecular flexibility index (Phi) is 7.63. The highest BCUT2D eigenvalue weighted by Crippen LogP contribution is 2.36. The second kappa shape index (κ2) is 9.50. The van der Waals surface area contributed by atoms with Crippen LogP contribution in [0.4, 0.5) is 0 Å². The number of aryl methyl sites for hydroxylation is 1. The van der Waals surface area contributed by atoms with Gasteiger partial charge in [0.05, 0.1) is 20.3 Å². The maximum atomic E-state index is 10.1. The van der Waals surface area contributed by atoms with E-state index in [1.54, 1.807) is 12.1 Å². The lowest BCUT2D eigenvalue weighted by Gasteiger charge is -2.39. The number of aliphatic hydroxyl groups excluding tert-OH is 5. The molecule has 1 aromatic carbocycles. The van der Waals surface area contributed by atoms with E-state index in [0.717, 1.165) is 24.8 Å². The molecule has 2 rings (SSSR count). The highest BCUT2D eigenvalue weighted by atomic mass is 16.7. The zero-order valence-electron chi connectivity index (χ0n) is 15.0. The van der Waals surface area contributed by atoms with E-state index in [1.165, 1.54) is 7.11 Å². The Morgan fingerprint density at radius 3 is 2.38 bits per heavy atom. The van der Waals surface area contributed by atoms with Gasteiger partial charge in [0.25, 0.3) is 0 Å². The number of benzene rings is 1. The summed E-state index contributed by atoms with van der Waals surface area (Å²) >= 11 is 0. The third kappa shape index (κ3) is 4.46. The predicted molar refractivity (Wildman–Crippen MR) is 91.9 cm³/mol. The van der Waals surface area contributed by atoms with Gasteiger partial charge in [-0.25, -0.2) is 0 Å². The molecule has 8 nitrogen and oxygen atoms in total. The van der Waals surface area contributed by atoms with Crippen molar-refractivity contribution in [2.45, 2.75) is 63.5 Å². The van der Waals surface area contributed by atoms with Crippen LogP contribution in [-0.4, -0.2) is 70.0 Å². The molecule has 1 saturated heterocycles. The molecule has 0 saturated carbocycles. The first kappa shape index (κ1) is 20.9. The monoisotopic (exact) mass is 372 g/mol. The van der Waals surface area contributed by atoms with Gasteiger partial charge in [0.2, 0.25) is 6.29 Å². The molecule has 1 aliphatic heterocycles. The molecule has 1 aliphatic rings. The van der Waals surface area contributed by atoms with E-state index in [2.05, 4.69) is 6.92 Å². The third-order valence-electron chi connectivity index (χ3n) is 4.48. The summed E-state index contributed by atoms with van der Waals surface area (Å²) in [5, 5.41) is 48.9. The SMILES string of the molecule is CCCCc1cc(CO)c(OC2OC(CO)C(O)C(O)C2O)c(OC)c1. The van der Waals surface area contributed by atoms with Gasteiger partial charge in [-0.1, -0.05) is 13.3 Å². The normalized spacial score (nSPS) is 28.8. The molecule has 148 valence electrons. The number of hydrogen-bond donors (Lipinski definition) is 5. The van der Waals surface area contributed by atoms with Gasteiger partial charge >= 0.3 is 0 Å². The van der Waals surface area contributed by atoms with Gasteiger partial charge in [-0.2, -0.15) is 0 Å². The van der Waals surface area contributed by atoms with E-state index in [4.69, 9.17) is 14.2 Å². The molecule has 1 heterocycles. The fourth-order valence-electron chi connectivity index (χ4n) is 2.93. The van der Waals surface area contributed by atoms with Crippen LogP contribution >= 0.6 is 0 Å². The van der Waals surface area contributed by atoms with Gasteiger partial charge in [-0.05, 0) is 30.5 Å². The van der Waals surface area contributed by atoms with Crippen LogP contribution in [0.1, 0.15) is 30.9 Å². The van der Waals surface area contributed by atoms with E-state index in [0.29, 0.717) is 11.3 Å². The van der Waals surface area contributed by atoms with E-state index >= 15 is 0 Å². The highest BCUT2D eigenvalue weighted by molar-refractivity contribution is 5.49. The zero-order valence-corrected chi connectivity index (χ0v) is 15.0. The van der Waals surface area contributed by atoms with Crippen molar-refractivity contribution in [3.63, 3.8) is 0 Å². The van der Waals surface area contributed by atoms with Crippen LogP contribution in [0.5, 0.6) is 11.5 Å². The first-order valence-electron chi connectivity index (χ1n) is 8.74. The van der Waals surface area contributed by atoms with E-state index in [9.17, 15) is 25.5 Å². The highest BCUT2D eigenvalue weighted by Gasteiger charge is 2.45. The van der Waals surface area contributed by atoms with Crippen LogP contribution in [0.3, 0.4) is 0 Å². The minimum atomic E-state index is -1.54. The minimum absolute atomic E-state index is 0.180. The molecule has 5 atom stereocenters. The maximum Gasteiger partial charge on any atom is 0.229 e. The van der Waals surface area contributed by atoms with Crippen molar-refractivity contribution in [3.05, 3.63) is 23.3 Å². The van der Waals surface area contributed by atoms with Crippen LogP contribution < -0.4 is 9.47 Å². The largest absolute Gasteiger partial charge is 0.493 e. The van der Waals surface area contributed by atoms with Gasteiger partial charge in [0, 0.05) is 5.56 Å². The molecule has 1 fully saturated rings. The number of unbranched alkanes of at least 4 members (excludes halogenated alkanes) is 1. The molecule has 0 aliphatic carbocycles. The van der Waals surface area contributed by atoms with Crippen molar-refractivity contribution in [3.8, 4) is 11.5 Å². The molecule has 0 aromatic heterocycles. The second-order valence-corrected chi connectivity index (χ2v) is 6.36. The van der Waals surface area contributed by atoms with Crippen molar-refractivity contribution in [2.75, 3.05) is 13.7 Å². The Labute approximate surface area is 152 Å². The fourth-order valence-corrected chi connectivity index (χ4v) is 2.93. The number of rotatable bonds is 8. The molecule has 5 N–H and O–H groups in total. The zero-order chi connectivity index (χ0) is 19.3. The third-order valence-corrected chi connectivity index (χ3v) is 4.48. The molecule has 26 heavy (non-hydrogen) atoms. The molecular formula is C18H28O8. The molecule has 1 aromatic rings. The Morgan fingerprint density at radius 1 is 1.08 bits per heavy atom. The second-order valence-electron chi connectivity index (χ2n) is 6.36. The molecule has 8 heteroatoms. The summed E-state index contributed by atoms with van der Waals surface area (Å²) in [4.78, 5) is 0. The van der Waals surface area contributed by atoms with Crippen molar-refractivity contribution in [1.29, 1.82) is 0 Å². The van der Waals surface area contributed by atoms with Gasteiger partial charge in [-0.15, -0.1) is 0 Å². The molecule has 0 radical (unpaired) electrons. The predicted octanol–water partition coefficient (Wildman–Crippen LogP) is -0.291. The standard InChI is InChI=1S/C18H28O8/c1-3-4-5-10-6-11(8-19)17(12(7-10)24-2)26-18-16(23)15(22)14(21)13(9-20)25-18/h6-7,13-16,18-23H,3-5,8-9H2,1-2H3. The Morgan fingerprint density at radius 2 is 1.81 bits per heavy atom. The van der Waals surface area contributed by atoms with Crippen LogP contribution in [0.25, 0.3) is 0 Å². The van der Waals surface area contributed by atoms with Crippen molar-refractivity contribution < 1.29 is 39.7 Å². The average molecular weight is 372 g/mol.